The molecular weight excluding hydrogens is 152 g/mol. The Hall–Kier alpha value is -0.590. The monoisotopic (exact) mass is 166 g/mol. The number of fused-ring (bicyclic) bond motifs is 1. The van der Waals surface area contributed by atoms with Crippen molar-refractivity contribution < 1.29 is 9.53 Å². The van der Waals surface area contributed by atoms with Crippen LogP contribution in [0, 0.1) is 5.92 Å². The molecule has 0 radical (unpaired) electrons. The zero-order chi connectivity index (χ0) is 8.55. The molecule has 1 saturated carbocycles. The van der Waals surface area contributed by atoms with E-state index in [0.29, 0.717) is 18.1 Å². The van der Waals surface area contributed by atoms with E-state index in [0.717, 1.165) is 18.4 Å². The van der Waals surface area contributed by atoms with E-state index in [4.69, 9.17) is 4.74 Å². The van der Waals surface area contributed by atoms with Gasteiger partial charge in [0.1, 0.15) is 5.94 Å². The third-order valence-corrected chi connectivity index (χ3v) is 2.88. The Labute approximate surface area is 72.6 Å². The highest BCUT2D eigenvalue weighted by atomic mass is 16.6. The third kappa shape index (κ3) is 1.60. The summed E-state index contributed by atoms with van der Waals surface area (Å²) in [6.07, 6.45) is 5.60. The molecule has 3 atom stereocenters. The number of hydrogen-bond acceptors (Lipinski definition) is 2. The second-order valence-corrected chi connectivity index (χ2v) is 3.98. The summed E-state index contributed by atoms with van der Waals surface area (Å²) < 4.78 is 5.42. The molecule has 0 aromatic carbocycles. The van der Waals surface area contributed by atoms with Crippen molar-refractivity contribution in [3.8, 4) is 0 Å². The standard InChI is InChI=1S/C10H14O2/c1-7(6-11)4-8-2-3-9-10(5-8)12-9/h8-10H,2-5H2,1H3. The molecule has 1 heterocycles. The van der Waals surface area contributed by atoms with Gasteiger partial charge in [0.2, 0.25) is 0 Å². The van der Waals surface area contributed by atoms with Gasteiger partial charge in [-0.15, -0.1) is 0 Å². The fraction of sp³-hybridized carbons (Fsp3) is 0.800. The lowest BCUT2D eigenvalue weighted by Gasteiger charge is -2.17. The Bertz CT molecular complexity index is 228. The van der Waals surface area contributed by atoms with Crippen LogP contribution in [0.5, 0.6) is 0 Å². The summed E-state index contributed by atoms with van der Waals surface area (Å²) in [4.78, 5) is 10.3. The van der Waals surface area contributed by atoms with Gasteiger partial charge in [-0.05, 0) is 38.5 Å². The number of carbonyl (C=O) groups excluding carboxylic acids is 1. The molecule has 0 aromatic heterocycles. The molecule has 2 aliphatic rings. The predicted molar refractivity (Wildman–Crippen MR) is 45.5 cm³/mol. The summed E-state index contributed by atoms with van der Waals surface area (Å²) in [5.41, 5.74) is 0.860. The zero-order valence-corrected chi connectivity index (χ0v) is 7.38. The van der Waals surface area contributed by atoms with Gasteiger partial charge in [-0.3, -0.25) is 0 Å². The maximum Gasteiger partial charge on any atom is 0.123 e. The van der Waals surface area contributed by atoms with Crippen molar-refractivity contribution in [2.75, 3.05) is 0 Å². The van der Waals surface area contributed by atoms with Gasteiger partial charge in [-0.1, -0.05) is 0 Å². The lowest BCUT2D eigenvalue weighted by atomic mass is 9.85. The maximum absolute atomic E-state index is 10.3. The lowest BCUT2D eigenvalue weighted by Crippen LogP contribution is -2.13. The average Bonchev–Trinajstić information content (AvgIpc) is 2.82. The van der Waals surface area contributed by atoms with Crippen LogP contribution >= 0.6 is 0 Å². The molecule has 1 saturated heterocycles. The number of epoxide rings is 1. The van der Waals surface area contributed by atoms with Crippen molar-refractivity contribution in [3.63, 3.8) is 0 Å². The summed E-state index contributed by atoms with van der Waals surface area (Å²) in [5.74, 6) is 2.64. The first-order valence-electron chi connectivity index (χ1n) is 4.65. The Morgan fingerprint density at radius 3 is 3.00 bits per heavy atom. The first-order valence-corrected chi connectivity index (χ1v) is 4.65. The van der Waals surface area contributed by atoms with Crippen LogP contribution in [0.3, 0.4) is 0 Å². The Morgan fingerprint density at radius 2 is 2.33 bits per heavy atom. The molecular formula is C10H14O2. The molecule has 0 amide bonds. The zero-order valence-electron chi connectivity index (χ0n) is 7.38. The largest absolute Gasteiger partial charge is 0.370 e. The van der Waals surface area contributed by atoms with Crippen LogP contribution in [0.4, 0.5) is 0 Å². The number of hydrogen-bond donors (Lipinski definition) is 0. The van der Waals surface area contributed by atoms with Crippen molar-refractivity contribution >= 4 is 5.94 Å². The summed E-state index contributed by atoms with van der Waals surface area (Å²) in [6.45, 7) is 1.87. The molecule has 1 aliphatic carbocycles. The minimum absolute atomic E-state index is 0.531. The van der Waals surface area contributed by atoms with E-state index in [2.05, 4.69) is 0 Å². The Balaban J connectivity index is 1.84. The van der Waals surface area contributed by atoms with E-state index in [-0.39, 0.29) is 0 Å². The van der Waals surface area contributed by atoms with Gasteiger partial charge < -0.3 is 4.74 Å². The average molecular weight is 166 g/mol. The molecule has 2 heteroatoms. The van der Waals surface area contributed by atoms with Gasteiger partial charge in [0.15, 0.2) is 0 Å². The fourth-order valence-electron chi connectivity index (χ4n) is 2.15. The normalized spacial score (nSPS) is 38.2. The van der Waals surface area contributed by atoms with Crippen LogP contribution in [0.15, 0.2) is 5.57 Å². The van der Waals surface area contributed by atoms with Gasteiger partial charge in [0.05, 0.1) is 12.2 Å². The first kappa shape index (κ1) is 8.03. The van der Waals surface area contributed by atoms with E-state index in [1.54, 1.807) is 0 Å². The van der Waals surface area contributed by atoms with Crippen LogP contribution < -0.4 is 0 Å². The maximum atomic E-state index is 10.3. The molecule has 0 aromatic rings. The highest BCUT2D eigenvalue weighted by Gasteiger charge is 2.43. The highest BCUT2D eigenvalue weighted by Crippen LogP contribution is 2.41. The third-order valence-electron chi connectivity index (χ3n) is 2.88. The van der Waals surface area contributed by atoms with Crippen LogP contribution in [0.1, 0.15) is 32.6 Å². The first-order chi connectivity index (χ1) is 5.79. The fourth-order valence-corrected chi connectivity index (χ4v) is 2.15. The molecule has 1 aliphatic heterocycles. The second-order valence-electron chi connectivity index (χ2n) is 3.98. The molecule has 2 fully saturated rings. The molecule has 0 N–H and O–H groups in total. The van der Waals surface area contributed by atoms with Crippen LogP contribution in [-0.4, -0.2) is 18.1 Å². The summed E-state index contributed by atoms with van der Waals surface area (Å²) in [7, 11) is 0. The van der Waals surface area contributed by atoms with Crippen molar-refractivity contribution in [2.24, 2.45) is 5.92 Å². The van der Waals surface area contributed by atoms with Crippen LogP contribution in [-0.2, 0) is 9.53 Å². The van der Waals surface area contributed by atoms with Crippen molar-refractivity contribution in [1.82, 2.24) is 0 Å². The van der Waals surface area contributed by atoms with E-state index in [9.17, 15) is 4.79 Å². The van der Waals surface area contributed by atoms with E-state index in [1.807, 2.05) is 12.9 Å². The Morgan fingerprint density at radius 1 is 1.50 bits per heavy atom. The van der Waals surface area contributed by atoms with Crippen molar-refractivity contribution in [3.05, 3.63) is 5.57 Å². The predicted octanol–water partition coefficient (Wildman–Crippen LogP) is 1.72. The summed E-state index contributed by atoms with van der Waals surface area (Å²) >= 11 is 0. The topological polar surface area (TPSA) is 29.6 Å². The molecule has 3 unspecified atom stereocenters. The van der Waals surface area contributed by atoms with Gasteiger partial charge in [0, 0.05) is 5.57 Å². The van der Waals surface area contributed by atoms with Crippen molar-refractivity contribution in [2.45, 2.75) is 44.8 Å². The molecule has 66 valence electrons. The summed E-state index contributed by atoms with van der Waals surface area (Å²) in [5, 5.41) is 0. The minimum Gasteiger partial charge on any atom is -0.370 e. The molecule has 2 rings (SSSR count). The van der Waals surface area contributed by atoms with E-state index >= 15 is 0 Å². The van der Waals surface area contributed by atoms with E-state index < -0.39 is 0 Å². The lowest BCUT2D eigenvalue weighted by molar-refractivity contribution is 0.360. The molecule has 2 nitrogen and oxygen atoms in total. The van der Waals surface area contributed by atoms with Gasteiger partial charge >= 0.3 is 0 Å². The number of ether oxygens (including phenoxy) is 1. The highest BCUT2D eigenvalue weighted by molar-refractivity contribution is 5.51. The quantitative estimate of drug-likeness (QED) is 0.462. The minimum atomic E-state index is 0.531. The van der Waals surface area contributed by atoms with Crippen LogP contribution in [0.25, 0.3) is 0 Å². The van der Waals surface area contributed by atoms with Gasteiger partial charge in [-0.2, -0.15) is 0 Å². The molecule has 0 spiro atoms. The number of rotatable bonds is 2. The molecule has 12 heavy (non-hydrogen) atoms. The summed E-state index contributed by atoms with van der Waals surface area (Å²) in [6, 6.07) is 0. The van der Waals surface area contributed by atoms with Gasteiger partial charge in [-0.25, -0.2) is 4.79 Å². The van der Waals surface area contributed by atoms with Gasteiger partial charge in [0.25, 0.3) is 0 Å². The SMILES string of the molecule is CC(=C=O)CC1CCC2OC2C1. The van der Waals surface area contributed by atoms with E-state index in [1.165, 1.54) is 12.8 Å². The molecule has 0 bridgehead atoms. The number of allylic oxidation sites excluding steroid dienone is 1. The second kappa shape index (κ2) is 3.04. The smallest absolute Gasteiger partial charge is 0.123 e. The van der Waals surface area contributed by atoms with Crippen molar-refractivity contribution in [1.29, 1.82) is 0 Å². The van der Waals surface area contributed by atoms with Crippen LogP contribution in [0.2, 0.25) is 0 Å². The Kier molecular flexibility index (Phi) is 2.03.